The van der Waals surface area contributed by atoms with E-state index in [0.717, 1.165) is 0 Å². The molecule has 0 aromatic heterocycles. The molecular formula is C47H50O17. The topological polar surface area (TPSA) is 199 Å². The van der Waals surface area contributed by atoms with Gasteiger partial charge in [-0.25, -0.2) is 19.2 Å². The summed E-state index contributed by atoms with van der Waals surface area (Å²) in [4.78, 5) is 55.6. The molecule has 340 valence electrons. The van der Waals surface area contributed by atoms with Crippen LogP contribution in [0.1, 0.15) is 55.3 Å². The number of hydrogen-bond acceptors (Lipinski definition) is 17. The lowest BCUT2D eigenvalue weighted by atomic mass is 9.93. The molecule has 0 aliphatic carbocycles. The zero-order valence-corrected chi connectivity index (χ0v) is 35.7. The number of methoxy groups -OCH3 is 3. The Balaban J connectivity index is 1.34. The number of aliphatic hydroxyl groups excluding tert-OH is 1. The second-order valence-corrected chi connectivity index (χ2v) is 15.2. The van der Waals surface area contributed by atoms with Gasteiger partial charge in [-0.2, -0.15) is 0 Å². The van der Waals surface area contributed by atoms with Crippen LogP contribution in [0.3, 0.4) is 0 Å². The molecule has 3 fully saturated rings. The Hall–Kier alpha value is -5.60. The Bertz CT molecular complexity index is 2180. The third kappa shape index (κ3) is 9.87. The Kier molecular flexibility index (Phi) is 14.9. The van der Waals surface area contributed by atoms with Crippen molar-refractivity contribution in [3.05, 3.63) is 144 Å². The van der Waals surface area contributed by atoms with Crippen molar-refractivity contribution in [1.82, 2.24) is 0 Å². The Morgan fingerprint density at radius 1 is 0.516 bits per heavy atom. The fourth-order valence-electron chi connectivity index (χ4n) is 7.63. The van der Waals surface area contributed by atoms with Gasteiger partial charge in [-0.15, -0.1) is 0 Å². The maximum absolute atomic E-state index is 14.1. The van der Waals surface area contributed by atoms with E-state index in [-0.39, 0.29) is 22.3 Å². The van der Waals surface area contributed by atoms with Gasteiger partial charge in [0.1, 0.15) is 37.1 Å². The van der Waals surface area contributed by atoms with Crippen LogP contribution in [0.25, 0.3) is 0 Å². The molecule has 7 rings (SSSR count). The summed E-state index contributed by atoms with van der Waals surface area (Å²) >= 11 is 0. The zero-order valence-electron chi connectivity index (χ0n) is 35.7. The van der Waals surface area contributed by atoms with Crippen molar-refractivity contribution in [3.8, 4) is 0 Å². The number of esters is 4. The highest BCUT2D eigenvalue weighted by atomic mass is 16.8. The molecule has 2 unspecified atom stereocenters. The molecule has 0 radical (unpaired) electrons. The van der Waals surface area contributed by atoms with E-state index < -0.39 is 110 Å². The van der Waals surface area contributed by atoms with Gasteiger partial charge in [0.25, 0.3) is 0 Å². The molecule has 0 spiro atoms. The van der Waals surface area contributed by atoms with Crippen molar-refractivity contribution in [1.29, 1.82) is 0 Å². The van der Waals surface area contributed by atoms with Gasteiger partial charge in [0.15, 0.2) is 30.9 Å². The van der Waals surface area contributed by atoms with Crippen molar-refractivity contribution in [3.63, 3.8) is 0 Å². The molecule has 0 bridgehead atoms. The van der Waals surface area contributed by atoms with Crippen LogP contribution < -0.4 is 0 Å². The van der Waals surface area contributed by atoms with Gasteiger partial charge in [-0.05, 0) is 62.4 Å². The van der Waals surface area contributed by atoms with Gasteiger partial charge < -0.3 is 61.9 Å². The molecule has 4 aromatic rings. The zero-order chi connectivity index (χ0) is 45.4. The molecule has 1 N–H and O–H groups in total. The lowest BCUT2D eigenvalue weighted by Gasteiger charge is -2.57. The van der Waals surface area contributed by atoms with Gasteiger partial charge in [0, 0.05) is 21.3 Å². The minimum absolute atomic E-state index is 0.102. The summed E-state index contributed by atoms with van der Waals surface area (Å²) in [7, 11) is 4.12. The first-order valence-electron chi connectivity index (χ1n) is 20.5. The highest BCUT2D eigenvalue weighted by Crippen LogP contribution is 2.45. The molecule has 3 aliphatic heterocycles. The van der Waals surface area contributed by atoms with Gasteiger partial charge in [0.05, 0.1) is 28.9 Å². The molecular weight excluding hydrogens is 836 g/mol. The number of rotatable bonds is 15. The predicted octanol–water partition coefficient (Wildman–Crippen LogP) is 4.50. The van der Waals surface area contributed by atoms with Crippen LogP contribution >= 0.6 is 0 Å². The second-order valence-electron chi connectivity index (χ2n) is 15.2. The van der Waals surface area contributed by atoms with E-state index in [9.17, 15) is 24.3 Å². The largest absolute Gasteiger partial charge is 0.459 e. The van der Waals surface area contributed by atoms with Crippen LogP contribution in [0.2, 0.25) is 0 Å². The molecule has 3 aliphatic rings. The fraction of sp³-hybridized carbons (Fsp3) is 0.404. The monoisotopic (exact) mass is 886 g/mol. The summed E-state index contributed by atoms with van der Waals surface area (Å²) in [6.45, 7) is 2.03. The smallest absolute Gasteiger partial charge is 0.338 e. The standard InChI is InChI=1S/C47H50O17/c1-46(54-4)47(2,55-5)64-37-35(63-46)32(26-48)57-44(53-3)39(37)62-45-38(61-43(52)31-24-16-9-17-25-31)36(60-42(51)30-22-14-8-15-23-30)34(59-41(50)29-20-12-7-13-21-29)33(58-45)27-56-40(49)28-18-10-6-11-19-28/h6-25,32-39,44-45,48H,26-27H2,1-5H3/t32-,33-,34-,35-,36+,37+,38+,39-,44+,45-,46?,47?/m1/s1. The summed E-state index contributed by atoms with van der Waals surface area (Å²) in [6.07, 6.45) is -14.3. The molecule has 64 heavy (non-hydrogen) atoms. The molecule has 0 amide bonds. The molecule has 17 nitrogen and oxygen atoms in total. The van der Waals surface area contributed by atoms with E-state index in [4.69, 9.17) is 56.8 Å². The Labute approximate surface area is 369 Å². The van der Waals surface area contributed by atoms with Crippen LogP contribution in [0.5, 0.6) is 0 Å². The van der Waals surface area contributed by atoms with Gasteiger partial charge in [0.2, 0.25) is 11.6 Å². The third-order valence-electron chi connectivity index (χ3n) is 11.4. The number of fused-ring (bicyclic) bond motifs is 1. The summed E-state index contributed by atoms with van der Waals surface area (Å²) in [6, 6.07) is 32.0. The summed E-state index contributed by atoms with van der Waals surface area (Å²) < 4.78 is 74.2. The minimum atomic E-state index is -1.76. The molecule has 0 saturated carbocycles. The van der Waals surface area contributed by atoms with Crippen molar-refractivity contribution >= 4 is 23.9 Å². The molecule has 12 atom stereocenters. The number of aliphatic hydroxyl groups is 1. The Morgan fingerprint density at radius 3 is 1.36 bits per heavy atom. The number of carbonyl (C=O) groups excluding carboxylic acids is 4. The molecule has 3 saturated heterocycles. The van der Waals surface area contributed by atoms with E-state index in [1.54, 1.807) is 98.8 Å². The highest BCUT2D eigenvalue weighted by Gasteiger charge is 2.64. The van der Waals surface area contributed by atoms with Gasteiger partial charge in [-0.1, -0.05) is 72.8 Å². The highest BCUT2D eigenvalue weighted by molar-refractivity contribution is 5.91. The number of benzene rings is 4. The average Bonchev–Trinajstić information content (AvgIpc) is 3.33. The lowest BCUT2D eigenvalue weighted by molar-refractivity contribution is -0.486. The van der Waals surface area contributed by atoms with Crippen LogP contribution in [0.15, 0.2) is 121 Å². The van der Waals surface area contributed by atoms with E-state index in [1.165, 1.54) is 57.7 Å². The van der Waals surface area contributed by atoms with Crippen LogP contribution in [-0.4, -0.2) is 137 Å². The number of ether oxygens (including phenoxy) is 12. The summed E-state index contributed by atoms with van der Waals surface area (Å²) in [5.74, 6) is -6.56. The van der Waals surface area contributed by atoms with Crippen molar-refractivity contribution in [2.75, 3.05) is 34.5 Å². The van der Waals surface area contributed by atoms with Gasteiger partial charge >= 0.3 is 23.9 Å². The van der Waals surface area contributed by atoms with E-state index >= 15 is 0 Å². The van der Waals surface area contributed by atoms with Crippen molar-refractivity contribution < 1.29 is 81.1 Å². The maximum Gasteiger partial charge on any atom is 0.338 e. The number of carbonyl (C=O) groups is 4. The third-order valence-corrected chi connectivity index (χ3v) is 11.4. The average molecular weight is 887 g/mol. The summed E-state index contributed by atoms with van der Waals surface area (Å²) in [5.41, 5.74) is 0.533. The predicted molar refractivity (Wildman–Crippen MR) is 221 cm³/mol. The molecule has 4 aromatic carbocycles. The summed E-state index contributed by atoms with van der Waals surface area (Å²) in [5, 5.41) is 10.5. The van der Waals surface area contributed by atoms with Crippen LogP contribution in [0, 0.1) is 0 Å². The van der Waals surface area contributed by atoms with E-state index in [1.807, 2.05) is 0 Å². The fourth-order valence-corrected chi connectivity index (χ4v) is 7.63. The first kappa shape index (κ1) is 46.4. The first-order valence-corrected chi connectivity index (χ1v) is 20.5. The quantitative estimate of drug-likeness (QED) is 0.129. The second kappa shape index (κ2) is 20.5. The first-order chi connectivity index (χ1) is 30.9. The lowest BCUT2D eigenvalue weighted by Crippen LogP contribution is -2.74. The maximum atomic E-state index is 14.1. The van der Waals surface area contributed by atoms with E-state index in [0.29, 0.717) is 0 Å². The van der Waals surface area contributed by atoms with Crippen molar-refractivity contribution in [2.24, 2.45) is 0 Å². The molecule has 3 heterocycles. The minimum Gasteiger partial charge on any atom is -0.459 e. The molecule has 17 heteroatoms. The van der Waals surface area contributed by atoms with Crippen molar-refractivity contribution in [2.45, 2.75) is 86.8 Å². The van der Waals surface area contributed by atoms with Crippen LogP contribution in [0.4, 0.5) is 0 Å². The number of hydrogen-bond donors (Lipinski definition) is 1. The normalized spacial score (nSPS) is 31.2. The Morgan fingerprint density at radius 2 is 0.922 bits per heavy atom. The van der Waals surface area contributed by atoms with E-state index in [2.05, 4.69) is 0 Å². The van der Waals surface area contributed by atoms with Crippen LogP contribution in [-0.2, 0) is 56.8 Å². The van der Waals surface area contributed by atoms with Gasteiger partial charge in [-0.3, -0.25) is 0 Å². The SMILES string of the molecule is CO[C@H]1O[C@H](CO)[C@H]2OC(C)(OC)C(C)(OC)O[C@@H]2[C@H]1O[C@H]1O[C@H](COC(=O)c2ccccc2)[C@@H](OC(=O)c2ccccc2)[C@H](OC(=O)c2ccccc2)[C@@H]1OC(=O)c1ccccc1.